The topological polar surface area (TPSA) is 84.8 Å². The van der Waals surface area contributed by atoms with E-state index in [-0.39, 0.29) is 0 Å². The molecule has 5 rings (SSSR count). The van der Waals surface area contributed by atoms with Gasteiger partial charge < -0.3 is 20.4 Å². The summed E-state index contributed by atoms with van der Waals surface area (Å²) in [6.07, 6.45) is 21.9. The normalized spacial score (nSPS) is 27.6. The molecule has 1 saturated heterocycles. The van der Waals surface area contributed by atoms with Crippen LogP contribution in [0.5, 0.6) is 0 Å². The predicted octanol–water partition coefficient (Wildman–Crippen LogP) is 6.54. The number of rotatable bonds is 12. The molecule has 0 unspecified atom stereocenters. The van der Waals surface area contributed by atoms with Crippen molar-refractivity contribution >= 4 is 11.9 Å². The van der Waals surface area contributed by atoms with E-state index >= 15 is 0 Å². The summed E-state index contributed by atoms with van der Waals surface area (Å²) in [7, 11) is 0. The van der Waals surface area contributed by atoms with Gasteiger partial charge >= 0.3 is 0 Å². The number of aromatic nitrogens is 1. The van der Waals surface area contributed by atoms with Crippen LogP contribution in [0.25, 0.3) is 0 Å². The van der Waals surface area contributed by atoms with Crippen molar-refractivity contribution in [3.63, 3.8) is 0 Å². The van der Waals surface area contributed by atoms with Crippen molar-refractivity contribution in [2.45, 2.75) is 123 Å². The summed E-state index contributed by atoms with van der Waals surface area (Å²) in [4.78, 5) is 16.1. The number of hydrogen-bond acceptors (Lipinski definition) is 5. The number of nitrogens with two attached hydrogens (primary N) is 1. The highest BCUT2D eigenvalue weighted by Gasteiger charge is 2.38. The minimum Gasteiger partial charge on any atom is -0.370 e. The van der Waals surface area contributed by atoms with Crippen LogP contribution in [0.4, 0.5) is 0 Å². The summed E-state index contributed by atoms with van der Waals surface area (Å²) in [5.41, 5.74) is 7.96. The average Bonchev–Trinajstić information content (AvgIpc) is 3.48. The van der Waals surface area contributed by atoms with Gasteiger partial charge in [-0.3, -0.25) is 15.4 Å². The number of guanidine groups is 2. The number of unbranched alkanes of at least 4 members (excludes halogenated alkanes) is 1. The standard InChI is InChI=1S/C35H59N7/c1-35(2,3)30-16-14-29(15-17-30)25-42-32(22-27-10-5-4-6-11-27)26-40(34(42)37)20-8-7-13-31-24-39-33(36)41(31)21-18-28-12-9-19-38-23-28/h9,12,19,23,27,29-32,37H,4-8,10-11,13-18,20-22,24-26H2,1-3H3,(H2,36,39)/t29?,30?,31-,32+/m0/s1. The van der Waals surface area contributed by atoms with Crippen LogP contribution in [0.15, 0.2) is 29.5 Å². The first-order valence-electron chi connectivity index (χ1n) is 17.3. The maximum Gasteiger partial charge on any atom is 0.194 e. The van der Waals surface area contributed by atoms with Crippen molar-refractivity contribution in [2.75, 3.05) is 32.7 Å². The van der Waals surface area contributed by atoms with Crippen molar-refractivity contribution in [3.8, 4) is 0 Å². The lowest BCUT2D eigenvalue weighted by molar-refractivity contribution is 0.131. The van der Waals surface area contributed by atoms with Crippen LogP contribution < -0.4 is 5.73 Å². The molecule has 3 fully saturated rings. The molecule has 1 aromatic rings. The molecule has 234 valence electrons. The minimum absolute atomic E-state index is 0.401. The fourth-order valence-electron chi connectivity index (χ4n) is 8.32. The molecule has 2 saturated carbocycles. The van der Waals surface area contributed by atoms with E-state index in [1.807, 2.05) is 18.5 Å². The largest absolute Gasteiger partial charge is 0.370 e. The number of aliphatic imine (C=N–C) groups is 1. The second-order valence-electron chi connectivity index (χ2n) is 15.1. The molecule has 0 radical (unpaired) electrons. The van der Waals surface area contributed by atoms with Gasteiger partial charge in [0.25, 0.3) is 0 Å². The Kier molecular flexibility index (Phi) is 10.7. The number of pyridine rings is 1. The Morgan fingerprint density at radius 2 is 1.71 bits per heavy atom. The van der Waals surface area contributed by atoms with E-state index < -0.39 is 0 Å². The summed E-state index contributed by atoms with van der Waals surface area (Å²) in [5, 5.41) is 9.27. The first kappa shape index (κ1) is 31.1. The molecule has 0 amide bonds. The van der Waals surface area contributed by atoms with Gasteiger partial charge in [-0.05, 0) is 92.6 Å². The summed E-state index contributed by atoms with van der Waals surface area (Å²) in [6, 6.07) is 5.08. The number of nitrogens with one attached hydrogen (secondary N) is 1. The van der Waals surface area contributed by atoms with Crippen molar-refractivity contribution in [3.05, 3.63) is 30.1 Å². The lowest BCUT2D eigenvalue weighted by atomic mass is 9.70. The van der Waals surface area contributed by atoms with Gasteiger partial charge in [-0.15, -0.1) is 0 Å². The zero-order chi connectivity index (χ0) is 29.5. The molecule has 1 aromatic heterocycles. The zero-order valence-electron chi connectivity index (χ0n) is 26.9. The van der Waals surface area contributed by atoms with Crippen LogP contribution in [0.2, 0.25) is 0 Å². The van der Waals surface area contributed by atoms with E-state index in [0.29, 0.717) is 23.5 Å². The number of hydrogen-bond donors (Lipinski definition) is 2. The SMILES string of the molecule is CC(C)(C)C1CCC(CN2C(=N)N(CCCC[C@H]3CN=C(N)N3CCc3cccnc3)C[C@H]2CC2CCCCC2)CC1. The van der Waals surface area contributed by atoms with Gasteiger partial charge in [0.05, 0.1) is 12.6 Å². The molecule has 7 heteroatoms. The molecule has 3 heterocycles. The van der Waals surface area contributed by atoms with E-state index in [1.54, 1.807) is 0 Å². The zero-order valence-corrected chi connectivity index (χ0v) is 26.9. The van der Waals surface area contributed by atoms with Crippen molar-refractivity contribution in [2.24, 2.45) is 33.9 Å². The van der Waals surface area contributed by atoms with Gasteiger partial charge in [0.1, 0.15) is 0 Å². The molecule has 42 heavy (non-hydrogen) atoms. The Morgan fingerprint density at radius 3 is 2.43 bits per heavy atom. The Balaban J connectivity index is 1.10. The molecule has 0 spiro atoms. The van der Waals surface area contributed by atoms with Gasteiger partial charge in [-0.25, -0.2) is 0 Å². The van der Waals surface area contributed by atoms with Crippen LogP contribution >= 0.6 is 0 Å². The predicted molar refractivity (Wildman–Crippen MR) is 175 cm³/mol. The first-order chi connectivity index (χ1) is 20.3. The first-order valence-corrected chi connectivity index (χ1v) is 17.3. The Hall–Kier alpha value is -2.31. The van der Waals surface area contributed by atoms with Gasteiger partial charge in [-0.1, -0.05) is 58.9 Å². The molecule has 7 nitrogen and oxygen atoms in total. The smallest absolute Gasteiger partial charge is 0.194 e. The van der Waals surface area contributed by atoms with Crippen LogP contribution in [-0.4, -0.2) is 76.4 Å². The molecule has 3 N–H and O–H groups in total. The second-order valence-corrected chi connectivity index (χ2v) is 15.1. The second kappa shape index (κ2) is 14.4. The highest BCUT2D eigenvalue weighted by Crippen LogP contribution is 2.41. The van der Waals surface area contributed by atoms with Crippen LogP contribution in [-0.2, 0) is 6.42 Å². The van der Waals surface area contributed by atoms with Gasteiger partial charge in [0.2, 0.25) is 0 Å². The average molecular weight is 578 g/mol. The third kappa shape index (κ3) is 8.19. The monoisotopic (exact) mass is 577 g/mol. The van der Waals surface area contributed by atoms with Crippen LogP contribution in [0.1, 0.15) is 110 Å². The third-order valence-electron chi connectivity index (χ3n) is 11.1. The highest BCUT2D eigenvalue weighted by molar-refractivity contribution is 5.80. The van der Waals surface area contributed by atoms with Gasteiger partial charge in [0, 0.05) is 44.6 Å². The van der Waals surface area contributed by atoms with Crippen LogP contribution in [0.3, 0.4) is 0 Å². The maximum absolute atomic E-state index is 9.27. The van der Waals surface area contributed by atoms with E-state index in [2.05, 4.69) is 51.5 Å². The van der Waals surface area contributed by atoms with E-state index in [4.69, 9.17) is 5.73 Å². The van der Waals surface area contributed by atoms with Crippen molar-refractivity contribution in [1.82, 2.24) is 19.7 Å². The van der Waals surface area contributed by atoms with Gasteiger partial charge in [0.15, 0.2) is 11.9 Å². The molecule has 2 atom stereocenters. The molecule has 0 bridgehead atoms. The molecule has 0 aromatic carbocycles. The lowest BCUT2D eigenvalue weighted by Gasteiger charge is -2.39. The molecule has 2 aliphatic heterocycles. The van der Waals surface area contributed by atoms with Crippen LogP contribution in [0, 0.1) is 28.6 Å². The van der Waals surface area contributed by atoms with Crippen molar-refractivity contribution < 1.29 is 0 Å². The summed E-state index contributed by atoms with van der Waals surface area (Å²) < 4.78 is 0. The minimum atomic E-state index is 0.401. The molecule has 2 aliphatic carbocycles. The fourth-order valence-corrected chi connectivity index (χ4v) is 8.32. The molecular weight excluding hydrogens is 518 g/mol. The highest BCUT2D eigenvalue weighted by atomic mass is 15.4. The van der Waals surface area contributed by atoms with Gasteiger partial charge in [-0.2, -0.15) is 0 Å². The fraction of sp³-hybridized carbons (Fsp3) is 0.800. The molecular formula is C35H59N7. The molecule has 4 aliphatic rings. The maximum atomic E-state index is 9.27. The van der Waals surface area contributed by atoms with Crippen molar-refractivity contribution in [1.29, 1.82) is 5.41 Å². The Bertz CT molecular complexity index is 1000. The van der Waals surface area contributed by atoms with E-state index in [9.17, 15) is 5.41 Å². The number of nitrogens with zero attached hydrogens (tertiary/aromatic N) is 5. The van der Waals surface area contributed by atoms with E-state index in [1.165, 1.54) is 69.8 Å². The third-order valence-corrected chi connectivity index (χ3v) is 11.1. The lowest BCUT2D eigenvalue weighted by Crippen LogP contribution is -2.42. The summed E-state index contributed by atoms with van der Waals surface area (Å²) in [5.74, 6) is 3.99. The Labute approximate surface area is 256 Å². The Morgan fingerprint density at radius 1 is 0.929 bits per heavy atom. The summed E-state index contributed by atoms with van der Waals surface area (Å²) >= 11 is 0. The quantitative estimate of drug-likeness (QED) is 0.276. The van der Waals surface area contributed by atoms with E-state index in [0.717, 1.165) is 82.1 Å². The summed E-state index contributed by atoms with van der Waals surface area (Å²) in [6.45, 7) is 12.1.